The third-order valence-corrected chi connectivity index (χ3v) is 4.15. The second-order valence-electron chi connectivity index (χ2n) is 4.92. The van der Waals surface area contributed by atoms with Crippen LogP contribution in [0.3, 0.4) is 0 Å². The first kappa shape index (κ1) is 14.6. The molecule has 6 nitrogen and oxygen atoms in total. The number of rotatable bonds is 2. The molecule has 0 spiro atoms. The molecule has 0 saturated carbocycles. The number of aryl methyl sites for hydroxylation is 1. The van der Waals surface area contributed by atoms with Crippen molar-refractivity contribution >= 4 is 21.9 Å². The minimum absolute atomic E-state index is 0.0127. The molecule has 3 N–H and O–H groups in total. The van der Waals surface area contributed by atoms with Gasteiger partial charge in [0.25, 0.3) is 0 Å². The van der Waals surface area contributed by atoms with Gasteiger partial charge in [-0.15, -0.1) is 5.10 Å². The minimum atomic E-state index is -0.517. The van der Waals surface area contributed by atoms with E-state index in [0.29, 0.717) is 5.88 Å². The molecule has 0 fully saturated rings. The molecule has 2 aromatic rings. The van der Waals surface area contributed by atoms with Gasteiger partial charge in [-0.05, 0) is 24.6 Å². The van der Waals surface area contributed by atoms with Crippen molar-refractivity contribution in [2.45, 2.75) is 12.8 Å². The molecule has 1 aromatic carbocycles. The number of methoxy groups -OCH3 is 1. The van der Waals surface area contributed by atoms with Crippen molar-refractivity contribution in [3.63, 3.8) is 0 Å². The first-order valence-corrected chi connectivity index (χ1v) is 7.38. The number of nitrogens with two attached hydrogens (primary N) is 1. The van der Waals surface area contributed by atoms with Crippen LogP contribution in [-0.2, 0) is 9.53 Å². The summed E-state index contributed by atoms with van der Waals surface area (Å²) >= 11 is 3.41. The molecule has 0 aliphatic carbocycles. The van der Waals surface area contributed by atoms with E-state index in [1.54, 1.807) is 0 Å². The van der Waals surface area contributed by atoms with Gasteiger partial charge in [0.2, 0.25) is 11.8 Å². The zero-order valence-corrected chi connectivity index (χ0v) is 13.6. The second kappa shape index (κ2) is 5.49. The number of nitrogens with one attached hydrogen (secondary N) is 1. The van der Waals surface area contributed by atoms with Crippen LogP contribution in [0.5, 0.6) is 5.88 Å². The molecular formula is C15H14BrN3O3. The highest BCUT2D eigenvalue weighted by Gasteiger charge is 2.38. The summed E-state index contributed by atoms with van der Waals surface area (Å²) in [4.78, 5) is 12.2. The van der Waals surface area contributed by atoms with E-state index in [0.717, 1.165) is 21.3 Å². The smallest absolute Gasteiger partial charge is 0.340 e. The SMILES string of the molecule is COC(=O)C1=C(N)Oc2n[nH]c(C)c2[C@H]1c1ccc(Br)cc1. The van der Waals surface area contributed by atoms with E-state index in [9.17, 15) is 4.79 Å². The quantitative estimate of drug-likeness (QED) is 0.799. The monoisotopic (exact) mass is 363 g/mol. The van der Waals surface area contributed by atoms with Gasteiger partial charge in [0, 0.05) is 15.7 Å². The third-order valence-electron chi connectivity index (χ3n) is 3.62. The lowest BCUT2D eigenvalue weighted by Crippen LogP contribution is -2.27. The number of carbonyl (C=O) groups excluding carboxylic acids is 1. The van der Waals surface area contributed by atoms with Gasteiger partial charge >= 0.3 is 5.97 Å². The Balaban J connectivity index is 2.22. The molecule has 3 rings (SSSR count). The maximum Gasteiger partial charge on any atom is 0.340 e. The number of benzene rings is 1. The summed E-state index contributed by atoms with van der Waals surface area (Å²) in [6, 6.07) is 7.66. The van der Waals surface area contributed by atoms with Crippen LogP contribution in [-0.4, -0.2) is 23.3 Å². The fraction of sp³-hybridized carbons (Fsp3) is 0.200. The van der Waals surface area contributed by atoms with Crippen LogP contribution in [0.4, 0.5) is 0 Å². The van der Waals surface area contributed by atoms with Crippen molar-refractivity contribution < 1.29 is 14.3 Å². The van der Waals surface area contributed by atoms with E-state index in [1.807, 2.05) is 31.2 Å². The standard InChI is InChI=1S/C15H14BrN3O3/c1-7-10-11(8-3-5-9(16)6-4-8)12(15(20)21-2)13(17)22-14(10)19-18-7/h3-6,11H,17H2,1-2H3,(H,18,19)/t11-/m1/s1. The number of hydrogen-bond donors (Lipinski definition) is 2. The van der Waals surface area contributed by atoms with Crippen LogP contribution in [0.15, 0.2) is 40.2 Å². The van der Waals surface area contributed by atoms with Crippen molar-refractivity contribution in [1.82, 2.24) is 10.2 Å². The number of fused-ring (bicyclic) bond motifs is 1. The predicted molar refractivity (Wildman–Crippen MR) is 83.2 cm³/mol. The third kappa shape index (κ3) is 2.27. The van der Waals surface area contributed by atoms with E-state index in [4.69, 9.17) is 15.2 Å². The maximum absolute atomic E-state index is 12.2. The molecule has 1 aliphatic rings. The molecule has 1 atom stereocenters. The highest BCUT2D eigenvalue weighted by molar-refractivity contribution is 9.10. The van der Waals surface area contributed by atoms with E-state index < -0.39 is 5.97 Å². The van der Waals surface area contributed by atoms with Crippen molar-refractivity contribution in [3.8, 4) is 5.88 Å². The average Bonchev–Trinajstić information content (AvgIpc) is 2.87. The Morgan fingerprint density at radius 3 is 2.73 bits per heavy atom. The summed E-state index contributed by atoms with van der Waals surface area (Å²) in [5.74, 6) is -0.506. The summed E-state index contributed by atoms with van der Waals surface area (Å²) in [7, 11) is 1.32. The van der Waals surface area contributed by atoms with Gasteiger partial charge < -0.3 is 15.2 Å². The molecule has 0 saturated heterocycles. The number of halogens is 1. The Hall–Kier alpha value is -2.28. The zero-order chi connectivity index (χ0) is 15.9. The highest BCUT2D eigenvalue weighted by atomic mass is 79.9. The number of hydrogen-bond acceptors (Lipinski definition) is 5. The largest absolute Gasteiger partial charge is 0.465 e. The van der Waals surface area contributed by atoms with Crippen molar-refractivity contribution in [1.29, 1.82) is 0 Å². The molecule has 0 bridgehead atoms. The van der Waals surface area contributed by atoms with Crippen molar-refractivity contribution in [2.75, 3.05) is 7.11 Å². The number of H-pyrrole nitrogens is 1. The number of esters is 1. The van der Waals surface area contributed by atoms with E-state index in [1.165, 1.54) is 7.11 Å². The van der Waals surface area contributed by atoms with Crippen molar-refractivity contribution in [3.05, 3.63) is 57.0 Å². The lowest BCUT2D eigenvalue weighted by Gasteiger charge is -2.25. The van der Waals surface area contributed by atoms with E-state index in [2.05, 4.69) is 26.1 Å². The molecule has 0 unspecified atom stereocenters. The first-order valence-electron chi connectivity index (χ1n) is 6.59. The summed E-state index contributed by atoms with van der Waals surface area (Å²) in [6.45, 7) is 1.87. The van der Waals surface area contributed by atoms with Gasteiger partial charge in [0.15, 0.2) is 0 Å². The number of ether oxygens (including phenoxy) is 2. The molecule has 2 heterocycles. The van der Waals surface area contributed by atoms with Gasteiger partial charge in [-0.25, -0.2) is 4.79 Å². The molecule has 1 aliphatic heterocycles. The molecule has 0 amide bonds. The summed E-state index contributed by atoms with van der Waals surface area (Å²) in [5, 5.41) is 6.97. The van der Waals surface area contributed by atoms with E-state index in [-0.39, 0.29) is 17.4 Å². The number of aromatic amines is 1. The Bertz CT molecular complexity index is 765. The molecule has 114 valence electrons. The highest BCUT2D eigenvalue weighted by Crippen LogP contribution is 2.43. The molecular weight excluding hydrogens is 350 g/mol. The Morgan fingerprint density at radius 1 is 1.41 bits per heavy atom. The Morgan fingerprint density at radius 2 is 2.09 bits per heavy atom. The fourth-order valence-electron chi connectivity index (χ4n) is 2.60. The normalized spacial score (nSPS) is 17.0. The van der Waals surface area contributed by atoms with Crippen LogP contribution in [0.25, 0.3) is 0 Å². The lowest BCUT2D eigenvalue weighted by molar-refractivity contribution is -0.136. The van der Waals surface area contributed by atoms with Gasteiger partial charge in [-0.1, -0.05) is 28.1 Å². The van der Waals surface area contributed by atoms with Gasteiger partial charge in [-0.2, -0.15) is 0 Å². The number of aromatic nitrogens is 2. The fourth-order valence-corrected chi connectivity index (χ4v) is 2.86. The topological polar surface area (TPSA) is 90.2 Å². The van der Waals surface area contributed by atoms with Crippen LogP contribution >= 0.6 is 15.9 Å². The van der Waals surface area contributed by atoms with Crippen LogP contribution in [0.1, 0.15) is 22.7 Å². The summed E-state index contributed by atoms with van der Waals surface area (Å²) < 4.78 is 11.3. The van der Waals surface area contributed by atoms with Crippen LogP contribution < -0.4 is 10.5 Å². The average molecular weight is 364 g/mol. The predicted octanol–water partition coefficient (Wildman–Crippen LogP) is 2.35. The molecule has 0 radical (unpaired) electrons. The zero-order valence-electron chi connectivity index (χ0n) is 12.0. The summed E-state index contributed by atoms with van der Waals surface area (Å²) in [5.41, 5.74) is 8.72. The maximum atomic E-state index is 12.2. The van der Waals surface area contributed by atoms with Gasteiger partial charge in [0.1, 0.15) is 5.57 Å². The van der Waals surface area contributed by atoms with Gasteiger partial charge in [0.05, 0.1) is 13.0 Å². The second-order valence-corrected chi connectivity index (χ2v) is 5.84. The Kier molecular flexibility index (Phi) is 3.66. The first-order chi connectivity index (χ1) is 10.5. The van der Waals surface area contributed by atoms with Crippen molar-refractivity contribution in [2.24, 2.45) is 5.73 Å². The molecule has 7 heteroatoms. The van der Waals surface area contributed by atoms with E-state index >= 15 is 0 Å². The Labute approximate surface area is 135 Å². The molecule has 1 aromatic heterocycles. The van der Waals surface area contributed by atoms with Gasteiger partial charge in [-0.3, -0.25) is 5.10 Å². The lowest BCUT2D eigenvalue weighted by atomic mass is 9.83. The summed E-state index contributed by atoms with van der Waals surface area (Å²) in [6.07, 6.45) is 0. The van der Waals surface area contributed by atoms with Crippen LogP contribution in [0, 0.1) is 6.92 Å². The minimum Gasteiger partial charge on any atom is -0.465 e. The number of nitrogens with zero attached hydrogens (tertiary/aromatic N) is 1. The number of carbonyl (C=O) groups is 1. The van der Waals surface area contributed by atoms with Crippen LogP contribution in [0.2, 0.25) is 0 Å². The molecule has 22 heavy (non-hydrogen) atoms.